The van der Waals surface area contributed by atoms with Gasteiger partial charge in [0.15, 0.2) is 0 Å². The average Bonchev–Trinajstić information content (AvgIpc) is 2.62. The van der Waals surface area contributed by atoms with Crippen molar-refractivity contribution in [2.45, 2.75) is 11.8 Å². The molecule has 8 nitrogen and oxygen atoms in total. The fourth-order valence-electron chi connectivity index (χ4n) is 2.15. The highest BCUT2D eigenvalue weighted by molar-refractivity contribution is 7.92. The molecule has 2 rings (SSSR count). The summed E-state index contributed by atoms with van der Waals surface area (Å²) in [5.74, 6) is -1.59. The highest BCUT2D eigenvalue weighted by Gasteiger charge is 2.28. The molecule has 0 fully saturated rings. The summed E-state index contributed by atoms with van der Waals surface area (Å²) in [7, 11) is -4.31. The van der Waals surface area contributed by atoms with Crippen LogP contribution in [-0.2, 0) is 19.6 Å². The monoisotopic (exact) mass is 416 g/mol. The van der Waals surface area contributed by atoms with E-state index in [2.05, 4.69) is 0 Å². The molecule has 0 radical (unpaired) electrons. The number of nitro groups is 1. The molecule has 0 aliphatic rings. The lowest BCUT2D eigenvalue weighted by molar-refractivity contribution is -0.384. The third-order valence-corrected chi connectivity index (χ3v) is 5.48. The van der Waals surface area contributed by atoms with E-state index in [1.54, 1.807) is 6.92 Å². The standard InChI is InChI=1S/C16H14ClFN2O6S/c1-2-26-16(21)10-19(12-5-8-15(18)14(17)9-12)27(24,25)13-6-3-11(4-7-13)20(22)23/h3-9H,2,10H2,1H3. The molecule has 2 aromatic carbocycles. The number of anilines is 1. The summed E-state index contributed by atoms with van der Waals surface area (Å²) in [4.78, 5) is 21.6. The van der Waals surface area contributed by atoms with Gasteiger partial charge in [-0.25, -0.2) is 12.8 Å². The van der Waals surface area contributed by atoms with E-state index in [4.69, 9.17) is 16.3 Å². The summed E-state index contributed by atoms with van der Waals surface area (Å²) >= 11 is 5.72. The van der Waals surface area contributed by atoms with Crippen LogP contribution in [0.15, 0.2) is 47.4 Å². The van der Waals surface area contributed by atoms with Crippen LogP contribution >= 0.6 is 11.6 Å². The first-order valence-electron chi connectivity index (χ1n) is 7.54. The Labute approximate surface area is 159 Å². The van der Waals surface area contributed by atoms with Crippen molar-refractivity contribution >= 4 is 39.0 Å². The van der Waals surface area contributed by atoms with Gasteiger partial charge in [0, 0.05) is 12.1 Å². The van der Waals surface area contributed by atoms with E-state index in [9.17, 15) is 27.7 Å². The Hall–Kier alpha value is -2.72. The Bertz CT molecular complexity index is 965. The van der Waals surface area contributed by atoms with Crippen molar-refractivity contribution < 1.29 is 27.3 Å². The predicted molar refractivity (Wildman–Crippen MR) is 95.7 cm³/mol. The molecule has 0 atom stereocenters. The van der Waals surface area contributed by atoms with Gasteiger partial charge in [-0.1, -0.05) is 11.6 Å². The Morgan fingerprint density at radius 1 is 1.26 bits per heavy atom. The van der Waals surface area contributed by atoms with Crippen molar-refractivity contribution in [3.8, 4) is 0 Å². The minimum atomic E-state index is -4.31. The fourth-order valence-corrected chi connectivity index (χ4v) is 3.72. The van der Waals surface area contributed by atoms with Gasteiger partial charge in [0.1, 0.15) is 12.4 Å². The summed E-state index contributed by atoms with van der Waals surface area (Å²) in [5.41, 5.74) is -0.358. The van der Waals surface area contributed by atoms with Gasteiger partial charge >= 0.3 is 5.97 Å². The summed E-state index contributed by atoms with van der Waals surface area (Å²) in [6, 6.07) is 7.28. The minimum absolute atomic E-state index is 0.0361. The lowest BCUT2D eigenvalue weighted by Crippen LogP contribution is -2.36. The van der Waals surface area contributed by atoms with Crippen LogP contribution in [0.1, 0.15) is 6.92 Å². The Kier molecular flexibility index (Phi) is 6.34. The topological polar surface area (TPSA) is 107 Å². The summed E-state index contributed by atoms with van der Waals surface area (Å²) in [6.45, 7) is 0.908. The number of esters is 1. The highest BCUT2D eigenvalue weighted by Crippen LogP contribution is 2.28. The zero-order valence-corrected chi connectivity index (χ0v) is 15.5. The van der Waals surface area contributed by atoms with Crippen LogP contribution < -0.4 is 4.31 Å². The maximum Gasteiger partial charge on any atom is 0.326 e. The van der Waals surface area contributed by atoms with Gasteiger partial charge < -0.3 is 4.74 Å². The lowest BCUT2D eigenvalue weighted by Gasteiger charge is -2.23. The second-order valence-electron chi connectivity index (χ2n) is 5.17. The van der Waals surface area contributed by atoms with Crippen LogP contribution in [0.2, 0.25) is 5.02 Å². The maximum atomic E-state index is 13.4. The van der Waals surface area contributed by atoms with Gasteiger partial charge in [-0.15, -0.1) is 0 Å². The normalized spacial score (nSPS) is 11.1. The van der Waals surface area contributed by atoms with Crippen LogP contribution in [0.25, 0.3) is 0 Å². The number of rotatable bonds is 7. The average molecular weight is 417 g/mol. The SMILES string of the molecule is CCOC(=O)CN(c1ccc(F)c(Cl)c1)S(=O)(=O)c1ccc([N+](=O)[O-])cc1. The van der Waals surface area contributed by atoms with E-state index in [-0.39, 0.29) is 27.9 Å². The van der Waals surface area contributed by atoms with Crippen molar-refractivity contribution in [2.24, 2.45) is 0 Å². The molecule has 27 heavy (non-hydrogen) atoms. The van der Waals surface area contributed by atoms with Gasteiger partial charge in [-0.3, -0.25) is 19.2 Å². The van der Waals surface area contributed by atoms with Crippen molar-refractivity contribution in [3.05, 3.63) is 63.4 Å². The maximum absolute atomic E-state index is 13.4. The number of benzene rings is 2. The first-order chi connectivity index (χ1) is 12.7. The first-order valence-corrected chi connectivity index (χ1v) is 9.36. The van der Waals surface area contributed by atoms with E-state index in [0.29, 0.717) is 4.31 Å². The van der Waals surface area contributed by atoms with Gasteiger partial charge in [-0.05, 0) is 37.3 Å². The van der Waals surface area contributed by atoms with Crippen molar-refractivity contribution in [2.75, 3.05) is 17.5 Å². The number of ether oxygens (including phenoxy) is 1. The molecule has 0 heterocycles. The van der Waals surface area contributed by atoms with Gasteiger partial charge in [0.05, 0.1) is 27.1 Å². The van der Waals surface area contributed by atoms with Crippen LogP contribution in [0, 0.1) is 15.9 Å². The number of hydrogen-bond acceptors (Lipinski definition) is 6. The third-order valence-electron chi connectivity index (χ3n) is 3.40. The number of non-ortho nitro benzene ring substituents is 1. The predicted octanol–water partition coefficient (Wildman–Crippen LogP) is 3.15. The molecule has 11 heteroatoms. The molecular formula is C16H14ClFN2O6S. The Morgan fingerprint density at radius 2 is 1.89 bits per heavy atom. The molecule has 0 unspecified atom stereocenters. The molecule has 144 valence electrons. The number of carbonyl (C=O) groups excluding carboxylic acids is 1. The smallest absolute Gasteiger partial charge is 0.326 e. The molecule has 0 amide bonds. The second-order valence-corrected chi connectivity index (χ2v) is 7.44. The number of halogens is 2. The molecule has 0 spiro atoms. The molecular weight excluding hydrogens is 403 g/mol. The molecule has 0 aliphatic carbocycles. The number of nitro benzene ring substituents is 1. The first kappa shape index (κ1) is 20.6. The van der Waals surface area contributed by atoms with E-state index in [1.807, 2.05) is 0 Å². The summed E-state index contributed by atoms with van der Waals surface area (Å²) < 4.78 is 44.8. The highest BCUT2D eigenvalue weighted by atomic mass is 35.5. The number of carbonyl (C=O) groups is 1. The molecule has 0 aliphatic heterocycles. The van der Waals surface area contributed by atoms with Crippen molar-refractivity contribution in [1.82, 2.24) is 0 Å². The third kappa shape index (κ3) is 4.72. The molecule has 0 aromatic heterocycles. The largest absolute Gasteiger partial charge is 0.465 e. The quantitative estimate of drug-likeness (QED) is 0.390. The van der Waals surface area contributed by atoms with Crippen LogP contribution in [-0.4, -0.2) is 32.5 Å². The second kappa shape index (κ2) is 8.31. The molecule has 0 saturated carbocycles. The van der Waals surface area contributed by atoms with E-state index in [0.717, 1.165) is 42.5 Å². The number of nitrogens with zero attached hydrogens (tertiary/aromatic N) is 2. The summed E-state index contributed by atoms with van der Waals surface area (Å²) in [6.07, 6.45) is 0. The number of hydrogen-bond donors (Lipinski definition) is 0. The van der Waals surface area contributed by atoms with E-state index in [1.165, 1.54) is 0 Å². The van der Waals surface area contributed by atoms with Crippen LogP contribution in [0.4, 0.5) is 15.8 Å². The molecule has 0 bridgehead atoms. The Morgan fingerprint density at radius 3 is 2.41 bits per heavy atom. The van der Waals surface area contributed by atoms with Crippen LogP contribution in [0.5, 0.6) is 0 Å². The van der Waals surface area contributed by atoms with Crippen LogP contribution in [0.3, 0.4) is 0 Å². The molecule has 2 aromatic rings. The van der Waals surface area contributed by atoms with Gasteiger partial charge in [0.25, 0.3) is 15.7 Å². The zero-order chi connectivity index (χ0) is 20.2. The van der Waals surface area contributed by atoms with Crippen molar-refractivity contribution in [1.29, 1.82) is 0 Å². The zero-order valence-electron chi connectivity index (χ0n) is 14.0. The number of sulfonamides is 1. The lowest BCUT2D eigenvalue weighted by atomic mass is 10.3. The van der Waals surface area contributed by atoms with Crippen molar-refractivity contribution in [3.63, 3.8) is 0 Å². The van der Waals surface area contributed by atoms with E-state index >= 15 is 0 Å². The van der Waals surface area contributed by atoms with E-state index < -0.39 is 33.3 Å². The molecule has 0 N–H and O–H groups in total. The Balaban J connectivity index is 2.51. The summed E-state index contributed by atoms with van der Waals surface area (Å²) in [5, 5.41) is 10.4. The minimum Gasteiger partial charge on any atom is -0.465 e. The fraction of sp³-hybridized carbons (Fsp3) is 0.188. The molecule has 0 saturated heterocycles. The van der Waals surface area contributed by atoms with Gasteiger partial charge in [-0.2, -0.15) is 0 Å². The van der Waals surface area contributed by atoms with Gasteiger partial charge in [0.2, 0.25) is 0 Å².